The monoisotopic (exact) mass is 281 g/mol. The van der Waals surface area contributed by atoms with Crippen LogP contribution >= 0.6 is 0 Å². The molecule has 1 aromatic carbocycles. The van der Waals surface area contributed by atoms with E-state index < -0.39 is 26.9 Å². The van der Waals surface area contributed by atoms with Gasteiger partial charge in [0.05, 0.1) is 15.9 Å². The van der Waals surface area contributed by atoms with Gasteiger partial charge in [0.25, 0.3) is 11.4 Å². The first-order valence-corrected chi connectivity index (χ1v) is 5.79. The van der Waals surface area contributed by atoms with Crippen molar-refractivity contribution < 1.29 is 14.6 Å². The van der Waals surface area contributed by atoms with Crippen molar-refractivity contribution in [1.29, 1.82) is 0 Å². The zero-order valence-electron chi connectivity index (χ0n) is 11.6. The number of nitrogens with one attached hydrogen (secondary N) is 1. The van der Waals surface area contributed by atoms with Crippen LogP contribution in [0, 0.1) is 20.2 Å². The van der Waals surface area contributed by atoms with Crippen molar-refractivity contribution in [3.63, 3.8) is 0 Å². The second-order valence-electron chi connectivity index (χ2n) is 5.33. The van der Waals surface area contributed by atoms with Crippen molar-refractivity contribution >= 4 is 23.0 Å². The van der Waals surface area contributed by atoms with E-state index in [1.54, 1.807) is 20.8 Å². The molecule has 0 aliphatic heterocycles. The van der Waals surface area contributed by atoms with Crippen LogP contribution in [0.4, 0.5) is 17.1 Å². The molecular weight excluding hydrogens is 266 g/mol. The van der Waals surface area contributed by atoms with E-state index in [0.717, 1.165) is 6.07 Å². The summed E-state index contributed by atoms with van der Waals surface area (Å²) in [7, 11) is 0. The number of benzene rings is 1. The first-order valence-electron chi connectivity index (χ1n) is 5.79. The van der Waals surface area contributed by atoms with E-state index in [1.807, 2.05) is 0 Å². The minimum absolute atomic E-state index is 0.0435. The first kappa shape index (κ1) is 15.5. The van der Waals surface area contributed by atoms with Crippen molar-refractivity contribution in [2.75, 3.05) is 5.32 Å². The van der Waals surface area contributed by atoms with Gasteiger partial charge in [0, 0.05) is 12.5 Å². The van der Waals surface area contributed by atoms with Gasteiger partial charge in [-0.25, -0.2) is 0 Å². The molecule has 8 heteroatoms. The maximum absolute atomic E-state index is 11.1. The summed E-state index contributed by atoms with van der Waals surface area (Å²) >= 11 is 0. The lowest BCUT2D eigenvalue weighted by molar-refractivity contribution is -0.394. The molecule has 0 aliphatic carbocycles. The van der Waals surface area contributed by atoms with E-state index >= 15 is 0 Å². The zero-order chi connectivity index (χ0) is 15.7. The maximum atomic E-state index is 11.1. The molecule has 0 saturated heterocycles. The van der Waals surface area contributed by atoms with Gasteiger partial charge in [0.1, 0.15) is 5.69 Å². The molecule has 1 aromatic rings. The van der Waals surface area contributed by atoms with Crippen molar-refractivity contribution in [2.24, 2.45) is 0 Å². The SMILES string of the molecule is CC(=O)Nc1cc(C(C)(C)C)c([N+](=O)[O-])cc1[N+](=O)[O-]. The molecule has 0 heterocycles. The van der Waals surface area contributed by atoms with E-state index in [-0.39, 0.29) is 11.4 Å². The highest BCUT2D eigenvalue weighted by atomic mass is 16.6. The lowest BCUT2D eigenvalue weighted by Crippen LogP contribution is -2.16. The standard InChI is InChI=1S/C12H15N3O5/c1-7(16)13-9-5-8(12(2,3)4)10(14(17)18)6-11(9)15(19)20/h5-6H,1-4H3,(H,13,16). The van der Waals surface area contributed by atoms with Crippen molar-refractivity contribution in [1.82, 2.24) is 0 Å². The van der Waals surface area contributed by atoms with Crippen LogP contribution in [0.5, 0.6) is 0 Å². The average Bonchev–Trinajstić information content (AvgIpc) is 2.25. The molecule has 0 bridgehead atoms. The molecule has 8 nitrogen and oxygen atoms in total. The lowest BCUT2D eigenvalue weighted by atomic mass is 9.85. The number of rotatable bonds is 3. The van der Waals surface area contributed by atoms with Crippen molar-refractivity contribution in [3.05, 3.63) is 37.9 Å². The van der Waals surface area contributed by atoms with Gasteiger partial charge in [-0.1, -0.05) is 20.8 Å². The number of hydrogen-bond donors (Lipinski definition) is 1. The van der Waals surface area contributed by atoms with Crippen LogP contribution < -0.4 is 5.32 Å². The van der Waals surface area contributed by atoms with E-state index in [0.29, 0.717) is 5.56 Å². The topological polar surface area (TPSA) is 115 Å². The Morgan fingerprint density at radius 2 is 1.60 bits per heavy atom. The summed E-state index contributed by atoms with van der Waals surface area (Å²) in [6, 6.07) is 2.17. The summed E-state index contributed by atoms with van der Waals surface area (Å²) in [6.07, 6.45) is 0. The molecule has 0 radical (unpaired) electrons. The van der Waals surface area contributed by atoms with Crippen LogP contribution in [0.1, 0.15) is 33.3 Å². The highest BCUT2D eigenvalue weighted by Crippen LogP contribution is 2.38. The fourth-order valence-corrected chi connectivity index (χ4v) is 1.77. The molecule has 0 saturated carbocycles. The molecule has 1 rings (SSSR count). The summed E-state index contributed by atoms with van der Waals surface area (Å²) in [5.74, 6) is -0.484. The number of amides is 1. The first-order chi connectivity index (χ1) is 9.04. The second kappa shape index (κ2) is 5.24. The summed E-state index contributed by atoms with van der Waals surface area (Å²) in [4.78, 5) is 31.7. The number of nitro benzene ring substituents is 2. The Labute approximate surface area is 115 Å². The van der Waals surface area contributed by atoms with Crippen LogP contribution in [0.3, 0.4) is 0 Å². The molecule has 0 atom stereocenters. The number of nitrogens with zero attached hydrogens (tertiary/aromatic N) is 2. The number of carbonyl (C=O) groups excluding carboxylic acids is 1. The zero-order valence-corrected chi connectivity index (χ0v) is 11.6. The Balaban J connectivity index is 3.64. The van der Waals surface area contributed by atoms with Gasteiger partial charge in [-0.3, -0.25) is 25.0 Å². The number of hydrogen-bond acceptors (Lipinski definition) is 5. The summed E-state index contributed by atoms with van der Waals surface area (Å²) in [5.41, 5.74) is -1.15. The largest absolute Gasteiger partial charge is 0.321 e. The van der Waals surface area contributed by atoms with Crippen LogP contribution in [-0.2, 0) is 10.2 Å². The third-order valence-corrected chi connectivity index (χ3v) is 2.63. The van der Waals surface area contributed by atoms with Gasteiger partial charge in [0.15, 0.2) is 0 Å². The van der Waals surface area contributed by atoms with E-state index in [1.165, 1.54) is 13.0 Å². The van der Waals surface area contributed by atoms with Crippen molar-refractivity contribution in [2.45, 2.75) is 33.1 Å². The quantitative estimate of drug-likeness (QED) is 0.675. The molecule has 20 heavy (non-hydrogen) atoms. The highest BCUT2D eigenvalue weighted by Gasteiger charge is 2.30. The van der Waals surface area contributed by atoms with Gasteiger partial charge in [-0.05, 0) is 11.5 Å². The fraction of sp³-hybridized carbons (Fsp3) is 0.417. The van der Waals surface area contributed by atoms with Crippen LogP contribution in [0.2, 0.25) is 0 Å². The van der Waals surface area contributed by atoms with Gasteiger partial charge < -0.3 is 5.32 Å². The normalized spacial score (nSPS) is 11.0. The number of anilines is 1. The van der Waals surface area contributed by atoms with Crippen molar-refractivity contribution in [3.8, 4) is 0 Å². The third kappa shape index (κ3) is 3.28. The Bertz CT molecular complexity index is 589. The van der Waals surface area contributed by atoms with Crippen LogP contribution in [0.25, 0.3) is 0 Å². The number of carbonyl (C=O) groups is 1. The lowest BCUT2D eigenvalue weighted by Gasteiger charge is -2.19. The summed E-state index contributed by atoms with van der Waals surface area (Å²) in [6.45, 7) is 6.46. The van der Waals surface area contributed by atoms with E-state index in [9.17, 15) is 25.0 Å². The molecule has 0 fully saturated rings. The predicted molar refractivity (Wildman–Crippen MR) is 72.8 cm³/mol. The molecular formula is C12H15N3O5. The molecule has 0 aliphatic rings. The highest BCUT2D eigenvalue weighted by molar-refractivity contribution is 5.92. The molecule has 1 N–H and O–H groups in total. The van der Waals surface area contributed by atoms with Gasteiger partial charge >= 0.3 is 0 Å². The van der Waals surface area contributed by atoms with Crippen LogP contribution in [0.15, 0.2) is 12.1 Å². The third-order valence-electron chi connectivity index (χ3n) is 2.63. The van der Waals surface area contributed by atoms with Gasteiger partial charge in [0.2, 0.25) is 5.91 Å². The Morgan fingerprint density at radius 3 is 1.95 bits per heavy atom. The molecule has 0 unspecified atom stereocenters. The summed E-state index contributed by atoms with van der Waals surface area (Å²) < 4.78 is 0. The smallest absolute Gasteiger partial charge is 0.299 e. The molecule has 1 amide bonds. The maximum Gasteiger partial charge on any atom is 0.299 e. The van der Waals surface area contributed by atoms with Gasteiger partial charge in [-0.2, -0.15) is 0 Å². The van der Waals surface area contributed by atoms with Crippen LogP contribution in [-0.4, -0.2) is 15.8 Å². The van der Waals surface area contributed by atoms with E-state index in [4.69, 9.17) is 0 Å². The second-order valence-corrected chi connectivity index (χ2v) is 5.33. The van der Waals surface area contributed by atoms with Gasteiger partial charge in [-0.15, -0.1) is 0 Å². The Morgan fingerprint density at radius 1 is 1.10 bits per heavy atom. The predicted octanol–water partition coefficient (Wildman–Crippen LogP) is 2.76. The van der Waals surface area contributed by atoms with E-state index in [2.05, 4.69) is 5.32 Å². The minimum atomic E-state index is -0.759. The Kier molecular flexibility index (Phi) is 4.07. The molecule has 0 aromatic heterocycles. The summed E-state index contributed by atoms with van der Waals surface area (Å²) in [5, 5.41) is 24.4. The average molecular weight is 281 g/mol. The Hall–Kier alpha value is -2.51. The number of nitro groups is 2. The molecule has 0 spiro atoms. The minimum Gasteiger partial charge on any atom is -0.321 e. The molecule has 108 valence electrons. The fourth-order valence-electron chi connectivity index (χ4n) is 1.77.